The molecule has 0 atom stereocenters. The summed E-state index contributed by atoms with van der Waals surface area (Å²) in [6, 6.07) is 10.1. The van der Waals surface area contributed by atoms with E-state index >= 15 is 0 Å². The standard InChI is InChI=1S/C20H24O3/c1-20(2,3)19(22)23-18-14-8-13-17(21)16(18)12-7-11-15-9-5-4-6-10-15/h4-6,9-10,12,14H,7-8,11,13H2,1-3H3/b16-12-. The summed E-state index contributed by atoms with van der Waals surface area (Å²) in [5.74, 6) is 0.166. The molecule has 1 aromatic carbocycles. The minimum absolute atomic E-state index is 0.0530. The number of ether oxygens (including phenoxy) is 1. The van der Waals surface area contributed by atoms with Gasteiger partial charge in [0, 0.05) is 6.42 Å². The van der Waals surface area contributed by atoms with Gasteiger partial charge in [-0.2, -0.15) is 0 Å². The third-order valence-electron chi connectivity index (χ3n) is 3.71. The van der Waals surface area contributed by atoms with Crippen LogP contribution in [0.25, 0.3) is 0 Å². The fourth-order valence-corrected chi connectivity index (χ4v) is 2.31. The molecule has 0 heterocycles. The summed E-state index contributed by atoms with van der Waals surface area (Å²) in [4.78, 5) is 24.3. The zero-order valence-electron chi connectivity index (χ0n) is 14.1. The number of hydrogen-bond donors (Lipinski definition) is 0. The zero-order chi connectivity index (χ0) is 16.9. The number of carbonyl (C=O) groups is 2. The van der Waals surface area contributed by atoms with Crippen molar-refractivity contribution in [2.24, 2.45) is 5.41 Å². The molecule has 1 aliphatic rings. The third-order valence-corrected chi connectivity index (χ3v) is 3.71. The summed E-state index contributed by atoms with van der Waals surface area (Å²) < 4.78 is 5.47. The van der Waals surface area contributed by atoms with Gasteiger partial charge in [0.2, 0.25) is 0 Å². The maximum Gasteiger partial charge on any atom is 0.316 e. The molecule has 0 bridgehead atoms. The maximum atomic E-state index is 12.2. The summed E-state index contributed by atoms with van der Waals surface area (Å²) in [5, 5.41) is 0. The molecule has 0 fully saturated rings. The quantitative estimate of drug-likeness (QED) is 0.612. The van der Waals surface area contributed by atoms with Gasteiger partial charge in [-0.05, 0) is 51.7 Å². The lowest BCUT2D eigenvalue weighted by Crippen LogP contribution is -2.25. The van der Waals surface area contributed by atoms with Gasteiger partial charge in [0.05, 0.1) is 11.0 Å². The molecular weight excluding hydrogens is 288 g/mol. The number of carbonyl (C=O) groups excluding carboxylic acids is 2. The fraction of sp³-hybridized carbons (Fsp3) is 0.400. The highest BCUT2D eigenvalue weighted by Crippen LogP contribution is 2.26. The van der Waals surface area contributed by atoms with E-state index in [1.165, 1.54) is 5.56 Å². The van der Waals surface area contributed by atoms with Gasteiger partial charge >= 0.3 is 5.97 Å². The van der Waals surface area contributed by atoms with Crippen LogP contribution in [0.3, 0.4) is 0 Å². The van der Waals surface area contributed by atoms with E-state index in [4.69, 9.17) is 4.74 Å². The van der Waals surface area contributed by atoms with E-state index < -0.39 is 5.41 Å². The van der Waals surface area contributed by atoms with Crippen molar-refractivity contribution in [2.45, 2.75) is 46.5 Å². The Kier molecular flexibility index (Phi) is 5.54. The monoisotopic (exact) mass is 312 g/mol. The van der Waals surface area contributed by atoms with Gasteiger partial charge in [0.15, 0.2) is 5.78 Å². The molecular formula is C20H24O3. The Labute approximate surface area is 138 Å². The van der Waals surface area contributed by atoms with Crippen LogP contribution in [0.4, 0.5) is 0 Å². The van der Waals surface area contributed by atoms with Crippen molar-refractivity contribution in [1.82, 2.24) is 0 Å². The molecule has 0 N–H and O–H groups in total. The molecule has 0 aromatic heterocycles. The lowest BCUT2D eigenvalue weighted by atomic mass is 9.95. The van der Waals surface area contributed by atoms with E-state index in [9.17, 15) is 9.59 Å². The first-order valence-corrected chi connectivity index (χ1v) is 8.08. The number of benzene rings is 1. The largest absolute Gasteiger partial charge is 0.426 e. The van der Waals surface area contributed by atoms with Gasteiger partial charge < -0.3 is 4.74 Å². The first-order chi connectivity index (χ1) is 10.9. The van der Waals surface area contributed by atoms with Crippen molar-refractivity contribution >= 4 is 11.8 Å². The molecule has 0 radical (unpaired) electrons. The normalized spacial score (nSPS) is 17.1. The summed E-state index contributed by atoms with van der Waals surface area (Å²) in [6.07, 6.45) is 6.46. The molecule has 2 rings (SSSR count). The Morgan fingerprint density at radius 2 is 1.91 bits per heavy atom. The summed E-state index contributed by atoms with van der Waals surface area (Å²) >= 11 is 0. The average Bonchev–Trinajstić information content (AvgIpc) is 2.50. The van der Waals surface area contributed by atoms with E-state index in [1.54, 1.807) is 20.8 Å². The third kappa shape index (κ3) is 4.92. The highest BCUT2D eigenvalue weighted by atomic mass is 16.5. The van der Waals surface area contributed by atoms with E-state index in [1.807, 2.05) is 30.4 Å². The Morgan fingerprint density at radius 1 is 1.22 bits per heavy atom. The molecule has 0 aliphatic heterocycles. The predicted molar refractivity (Wildman–Crippen MR) is 90.7 cm³/mol. The van der Waals surface area contributed by atoms with Crippen LogP contribution in [0.15, 0.2) is 53.8 Å². The van der Waals surface area contributed by atoms with Crippen molar-refractivity contribution in [2.75, 3.05) is 0 Å². The lowest BCUT2D eigenvalue weighted by molar-refractivity contribution is -0.148. The van der Waals surface area contributed by atoms with Gasteiger partial charge in [0.25, 0.3) is 0 Å². The molecule has 23 heavy (non-hydrogen) atoms. The molecule has 1 aromatic rings. The van der Waals surface area contributed by atoms with E-state index in [2.05, 4.69) is 12.1 Å². The molecule has 0 unspecified atom stereocenters. The summed E-state index contributed by atoms with van der Waals surface area (Å²) in [5.41, 5.74) is 1.19. The van der Waals surface area contributed by atoms with E-state index in [0.717, 1.165) is 12.8 Å². The molecule has 3 heteroatoms. The molecule has 0 saturated heterocycles. The van der Waals surface area contributed by atoms with Crippen molar-refractivity contribution in [3.63, 3.8) is 0 Å². The number of allylic oxidation sites excluding steroid dienone is 3. The van der Waals surface area contributed by atoms with Gasteiger partial charge in [-0.3, -0.25) is 9.59 Å². The van der Waals surface area contributed by atoms with E-state index in [0.29, 0.717) is 24.2 Å². The van der Waals surface area contributed by atoms with Gasteiger partial charge in [-0.25, -0.2) is 0 Å². The summed E-state index contributed by atoms with van der Waals surface area (Å²) in [7, 11) is 0. The maximum absolute atomic E-state index is 12.2. The van der Waals surface area contributed by atoms with Crippen LogP contribution in [-0.2, 0) is 20.7 Å². The van der Waals surface area contributed by atoms with Crippen molar-refractivity contribution < 1.29 is 14.3 Å². The molecule has 3 nitrogen and oxygen atoms in total. The highest BCUT2D eigenvalue weighted by Gasteiger charge is 2.28. The van der Waals surface area contributed by atoms with Crippen LogP contribution in [-0.4, -0.2) is 11.8 Å². The minimum Gasteiger partial charge on any atom is -0.426 e. The number of rotatable bonds is 4. The van der Waals surface area contributed by atoms with Crippen molar-refractivity contribution in [3.8, 4) is 0 Å². The number of ketones is 1. The second kappa shape index (κ2) is 7.40. The average molecular weight is 312 g/mol. The fourth-order valence-electron chi connectivity index (χ4n) is 2.31. The highest BCUT2D eigenvalue weighted by molar-refractivity contribution is 6.00. The molecule has 0 spiro atoms. The van der Waals surface area contributed by atoms with Crippen LogP contribution >= 0.6 is 0 Å². The van der Waals surface area contributed by atoms with Gasteiger partial charge in [-0.15, -0.1) is 0 Å². The second-order valence-corrected chi connectivity index (χ2v) is 6.81. The van der Waals surface area contributed by atoms with Crippen LogP contribution in [0.5, 0.6) is 0 Å². The van der Waals surface area contributed by atoms with Crippen LogP contribution in [0, 0.1) is 5.41 Å². The molecule has 0 amide bonds. The van der Waals surface area contributed by atoms with Crippen LogP contribution in [0.1, 0.15) is 45.6 Å². The number of Topliss-reactive ketones (excluding diaryl/α,β-unsaturated/α-hetero) is 1. The Bertz CT molecular complexity index is 631. The predicted octanol–water partition coefficient (Wildman–Crippen LogP) is 4.38. The Morgan fingerprint density at radius 3 is 2.57 bits per heavy atom. The molecule has 122 valence electrons. The van der Waals surface area contributed by atoms with Crippen LogP contribution in [0.2, 0.25) is 0 Å². The smallest absolute Gasteiger partial charge is 0.316 e. The lowest BCUT2D eigenvalue weighted by Gasteiger charge is -2.21. The van der Waals surface area contributed by atoms with Crippen molar-refractivity contribution in [1.29, 1.82) is 0 Å². The minimum atomic E-state index is -0.587. The number of aryl methyl sites for hydroxylation is 1. The number of esters is 1. The Hall–Kier alpha value is -2.16. The number of hydrogen-bond acceptors (Lipinski definition) is 3. The zero-order valence-corrected chi connectivity index (χ0v) is 14.1. The van der Waals surface area contributed by atoms with Crippen molar-refractivity contribution in [3.05, 3.63) is 59.4 Å². The summed E-state index contributed by atoms with van der Waals surface area (Å²) in [6.45, 7) is 5.41. The van der Waals surface area contributed by atoms with Gasteiger partial charge in [-0.1, -0.05) is 36.4 Å². The molecule has 1 aliphatic carbocycles. The Balaban J connectivity index is 2.08. The van der Waals surface area contributed by atoms with E-state index in [-0.39, 0.29) is 11.8 Å². The topological polar surface area (TPSA) is 43.4 Å². The van der Waals surface area contributed by atoms with Gasteiger partial charge in [0.1, 0.15) is 5.76 Å². The second-order valence-electron chi connectivity index (χ2n) is 6.81. The first-order valence-electron chi connectivity index (χ1n) is 8.08. The first kappa shape index (κ1) is 17.2. The molecule has 0 saturated carbocycles. The SMILES string of the molecule is CC(C)(C)C(=O)OC1=CCCC(=O)/C1=C/CCc1ccccc1. The van der Waals surface area contributed by atoms with Crippen LogP contribution < -0.4 is 0 Å².